The highest BCUT2D eigenvalue weighted by molar-refractivity contribution is 7.80. The molecule has 2 N–H and O–H groups in total. The number of carbonyl (C=O) groups excluding carboxylic acids is 1. The van der Waals surface area contributed by atoms with Gasteiger partial charge in [-0.15, -0.1) is 0 Å². The second-order valence-electron chi connectivity index (χ2n) is 3.17. The molecule has 80 valence electrons. The fourth-order valence-corrected chi connectivity index (χ4v) is 1.56. The summed E-state index contributed by atoms with van der Waals surface area (Å²) in [4.78, 5) is 11.7. The molecule has 0 aromatic heterocycles. The maximum Gasteiger partial charge on any atom is 0.253 e. The molecule has 0 aliphatic heterocycles. The molecule has 0 spiro atoms. The average Bonchev–Trinajstić information content (AvgIpc) is 2.83. The highest BCUT2D eigenvalue weighted by atomic mass is 32.2. The topological polar surface area (TPSA) is 69.6 Å². The third kappa shape index (κ3) is 3.69. The van der Waals surface area contributed by atoms with Gasteiger partial charge in [-0.25, -0.2) is 4.21 Å². The Morgan fingerprint density at radius 3 is 2.71 bits per heavy atom. The Morgan fingerprint density at radius 2 is 2.29 bits per heavy atom. The molecule has 1 atom stereocenters. The maximum atomic E-state index is 11.0. The molecule has 7 heteroatoms. The first-order valence-corrected chi connectivity index (χ1v) is 5.83. The molecule has 1 saturated carbocycles. The van der Waals surface area contributed by atoms with E-state index in [2.05, 4.69) is 5.43 Å². The molecule has 0 radical (unpaired) electrons. The number of hydrazine groups is 1. The van der Waals surface area contributed by atoms with Crippen LogP contribution in [0.25, 0.3) is 0 Å². The van der Waals surface area contributed by atoms with Gasteiger partial charge in [-0.2, -0.15) is 0 Å². The van der Waals surface area contributed by atoms with Crippen LogP contribution in [0.5, 0.6) is 0 Å². The fraction of sp³-hybridized carbons (Fsp3) is 0.714. The van der Waals surface area contributed by atoms with Crippen molar-refractivity contribution in [1.82, 2.24) is 10.4 Å². The predicted octanol–water partition coefficient (Wildman–Crippen LogP) is -0.0915. The van der Waals surface area contributed by atoms with Gasteiger partial charge < -0.3 is 4.55 Å². The lowest BCUT2D eigenvalue weighted by molar-refractivity contribution is -0.121. The Hall–Kier alpha value is -0.530. The van der Waals surface area contributed by atoms with Gasteiger partial charge in [-0.3, -0.25) is 15.2 Å². The van der Waals surface area contributed by atoms with Crippen molar-refractivity contribution in [3.05, 3.63) is 0 Å². The Kier molecular flexibility index (Phi) is 3.97. The maximum absolute atomic E-state index is 11.0. The lowest BCUT2D eigenvalue weighted by Gasteiger charge is -2.20. The molecule has 0 aromatic rings. The molecule has 1 aliphatic rings. The molecule has 1 fully saturated rings. The molecule has 1 unspecified atom stereocenters. The molecule has 0 saturated heterocycles. The number of rotatable bonds is 3. The van der Waals surface area contributed by atoms with Crippen molar-refractivity contribution in [2.24, 2.45) is 5.92 Å². The van der Waals surface area contributed by atoms with E-state index in [0.29, 0.717) is 10.9 Å². The number of carbonyl (C=O) groups is 1. The monoisotopic (exact) mass is 236 g/mol. The Balaban J connectivity index is 2.31. The number of hydrogen-bond donors (Lipinski definition) is 2. The van der Waals surface area contributed by atoms with Crippen LogP contribution in [-0.4, -0.2) is 37.5 Å². The van der Waals surface area contributed by atoms with E-state index in [-0.39, 0.29) is 0 Å². The zero-order valence-corrected chi connectivity index (χ0v) is 9.36. The normalized spacial score (nSPS) is 17.3. The van der Waals surface area contributed by atoms with Gasteiger partial charge in [-0.05, 0) is 12.8 Å². The van der Waals surface area contributed by atoms with Crippen LogP contribution >= 0.6 is 12.2 Å². The molecule has 0 heterocycles. The van der Waals surface area contributed by atoms with Crippen molar-refractivity contribution in [3.8, 4) is 0 Å². The second-order valence-corrected chi connectivity index (χ2v) is 4.52. The molecule has 5 nitrogen and oxygen atoms in total. The number of nitrogens with one attached hydrogen (secondary N) is 1. The van der Waals surface area contributed by atoms with Crippen molar-refractivity contribution >= 4 is 34.2 Å². The van der Waals surface area contributed by atoms with E-state index in [1.165, 1.54) is 5.01 Å². The average molecular weight is 236 g/mol. The van der Waals surface area contributed by atoms with Gasteiger partial charge in [0.2, 0.25) is 0 Å². The molecular formula is C7H12N2O3S2. The third-order valence-corrected chi connectivity index (χ3v) is 2.92. The minimum atomic E-state index is -2.10. The van der Waals surface area contributed by atoms with E-state index in [9.17, 15) is 9.00 Å². The highest BCUT2D eigenvalue weighted by Crippen LogP contribution is 2.31. The molecule has 1 amide bonds. The second kappa shape index (κ2) is 4.81. The Labute approximate surface area is 90.1 Å². The molecule has 1 aliphatic carbocycles. The summed E-state index contributed by atoms with van der Waals surface area (Å²) in [5.74, 6) is -0.538. The van der Waals surface area contributed by atoms with Crippen LogP contribution in [0.1, 0.15) is 12.8 Å². The summed E-state index contributed by atoms with van der Waals surface area (Å²) < 4.78 is 18.8. The summed E-state index contributed by atoms with van der Waals surface area (Å²) in [6.07, 6.45) is 2.12. The van der Waals surface area contributed by atoms with Crippen LogP contribution in [0, 0.1) is 5.92 Å². The summed E-state index contributed by atoms with van der Waals surface area (Å²) in [6, 6.07) is 0. The summed E-state index contributed by atoms with van der Waals surface area (Å²) >= 11 is 2.97. The van der Waals surface area contributed by atoms with Crippen molar-refractivity contribution in [2.45, 2.75) is 12.8 Å². The van der Waals surface area contributed by atoms with E-state index in [1.807, 2.05) is 0 Å². The van der Waals surface area contributed by atoms with Gasteiger partial charge in [0, 0.05) is 13.0 Å². The van der Waals surface area contributed by atoms with Crippen LogP contribution < -0.4 is 5.43 Å². The zero-order chi connectivity index (χ0) is 10.7. The first kappa shape index (κ1) is 11.5. The number of nitrogens with zero attached hydrogens (tertiary/aromatic N) is 1. The quantitative estimate of drug-likeness (QED) is 0.407. The van der Waals surface area contributed by atoms with Gasteiger partial charge >= 0.3 is 0 Å². The highest BCUT2D eigenvalue weighted by Gasteiger charge is 2.29. The standard InChI is InChI=1S/C7H12N2O3S2/c1-9(7(13)5-2-3-5)8-6(10)4-14(11)12/h5H,2-4H2,1H3,(H,8,10)(H,11,12). The van der Waals surface area contributed by atoms with Crippen LogP contribution in [0.4, 0.5) is 0 Å². The molecular weight excluding hydrogens is 224 g/mol. The third-order valence-electron chi connectivity index (χ3n) is 1.80. The minimum Gasteiger partial charge on any atom is -0.306 e. The first-order valence-electron chi connectivity index (χ1n) is 4.15. The van der Waals surface area contributed by atoms with E-state index in [4.69, 9.17) is 16.8 Å². The lowest BCUT2D eigenvalue weighted by Crippen LogP contribution is -2.44. The zero-order valence-electron chi connectivity index (χ0n) is 7.73. The van der Waals surface area contributed by atoms with Gasteiger partial charge in [0.05, 0.1) is 4.99 Å². The lowest BCUT2D eigenvalue weighted by atomic mass is 10.4. The summed E-state index contributed by atoms with van der Waals surface area (Å²) in [5.41, 5.74) is 2.43. The Bertz CT molecular complexity index is 278. The van der Waals surface area contributed by atoms with Crippen LogP contribution in [0.3, 0.4) is 0 Å². The summed E-state index contributed by atoms with van der Waals surface area (Å²) in [5, 5.41) is 1.45. The summed E-state index contributed by atoms with van der Waals surface area (Å²) in [6.45, 7) is 0. The van der Waals surface area contributed by atoms with Crippen LogP contribution in [-0.2, 0) is 15.9 Å². The summed E-state index contributed by atoms with van der Waals surface area (Å²) in [7, 11) is 1.64. The molecule has 14 heavy (non-hydrogen) atoms. The smallest absolute Gasteiger partial charge is 0.253 e. The SMILES string of the molecule is CN(NC(=O)CS(=O)O)C(=S)C1CC1. The van der Waals surface area contributed by atoms with Gasteiger partial charge in [-0.1, -0.05) is 12.2 Å². The van der Waals surface area contributed by atoms with Gasteiger partial charge in [0.15, 0.2) is 11.1 Å². The number of hydrogen-bond acceptors (Lipinski definition) is 3. The molecule has 0 bridgehead atoms. The minimum absolute atomic E-state index is 0.384. The van der Waals surface area contributed by atoms with Crippen molar-refractivity contribution in [1.29, 1.82) is 0 Å². The molecule has 1 rings (SSSR count). The van der Waals surface area contributed by atoms with Crippen molar-refractivity contribution in [2.75, 3.05) is 12.8 Å². The fourth-order valence-electron chi connectivity index (χ4n) is 0.991. The van der Waals surface area contributed by atoms with Gasteiger partial charge in [0.25, 0.3) is 5.91 Å². The number of amides is 1. The molecule has 0 aromatic carbocycles. The predicted molar refractivity (Wildman–Crippen MR) is 56.9 cm³/mol. The van der Waals surface area contributed by atoms with Crippen molar-refractivity contribution < 1.29 is 13.6 Å². The van der Waals surface area contributed by atoms with Crippen LogP contribution in [0.15, 0.2) is 0 Å². The van der Waals surface area contributed by atoms with E-state index < -0.39 is 22.7 Å². The van der Waals surface area contributed by atoms with Gasteiger partial charge in [0.1, 0.15) is 5.75 Å². The van der Waals surface area contributed by atoms with Crippen LogP contribution in [0.2, 0.25) is 0 Å². The number of thiocarbonyl (C=S) groups is 1. The first-order chi connectivity index (χ1) is 6.50. The van der Waals surface area contributed by atoms with E-state index >= 15 is 0 Å². The van der Waals surface area contributed by atoms with Crippen molar-refractivity contribution in [3.63, 3.8) is 0 Å². The van der Waals surface area contributed by atoms with E-state index in [1.54, 1.807) is 7.05 Å². The Morgan fingerprint density at radius 1 is 1.71 bits per heavy atom. The largest absolute Gasteiger partial charge is 0.306 e. The van der Waals surface area contributed by atoms with E-state index in [0.717, 1.165) is 12.8 Å².